The van der Waals surface area contributed by atoms with Crippen LogP contribution in [0.2, 0.25) is 0 Å². The number of hydrogen-bond donors (Lipinski definition) is 0. The van der Waals surface area contributed by atoms with Crippen LogP contribution in [0.1, 0.15) is 17.7 Å². The maximum Gasteiger partial charge on any atom is 0.266 e. The summed E-state index contributed by atoms with van der Waals surface area (Å²) in [6.45, 7) is 1.40. The van der Waals surface area contributed by atoms with E-state index in [0.717, 1.165) is 6.07 Å². The lowest BCUT2D eigenvalue weighted by atomic mass is 10.2. The van der Waals surface area contributed by atoms with Gasteiger partial charge in [0.1, 0.15) is 8.60 Å². The lowest BCUT2D eigenvalue weighted by molar-refractivity contribution is 0.149. The molecule has 1 aromatic heterocycles. The fourth-order valence-electron chi connectivity index (χ4n) is 0.972. The van der Waals surface area contributed by atoms with Gasteiger partial charge in [-0.1, -0.05) is 0 Å². The van der Waals surface area contributed by atoms with Gasteiger partial charge in [-0.3, -0.25) is 0 Å². The van der Waals surface area contributed by atoms with E-state index in [1.807, 2.05) is 0 Å². The third kappa shape index (κ3) is 2.97. The van der Waals surface area contributed by atoms with Crippen LogP contribution >= 0.6 is 33.3 Å². The van der Waals surface area contributed by atoms with E-state index in [9.17, 15) is 17.2 Å². The highest BCUT2D eigenvalue weighted by molar-refractivity contribution is 14.1. The summed E-state index contributed by atoms with van der Waals surface area (Å²) in [6, 6.07) is 0.858. The van der Waals surface area contributed by atoms with Crippen molar-refractivity contribution >= 4 is 42.3 Å². The van der Waals surface area contributed by atoms with Gasteiger partial charge in [-0.2, -0.15) is 0 Å². The Labute approximate surface area is 103 Å². The van der Waals surface area contributed by atoms with Crippen molar-refractivity contribution < 1.29 is 17.2 Å². The van der Waals surface area contributed by atoms with E-state index >= 15 is 0 Å². The molecule has 0 bridgehead atoms. The lowest BCUT2D eigenvalue weighted by Crippen LogP contribution is -2.03. The van der Waals surface area contributed by atoms with Crippen LogP contribution in [0, 0.1) is 10.6 Å². The molecule has 0 atom stereocenters. The van der Waals surface area contributed by atoms with Crippen molar-refractivity contribution in [2.24, 2.45) is 0 Å². The minimum Gasteiger partial charge on any atom is -0.245 e. The maximum atomic E-state index is 12.4. The first-order chi connectivity index (χ1) is 6.73. The summed E-state index contributed by atoms with van der Waals surface area (Å²) < 4.78 is 47.0. The van der Waals surface area contributed by atoms with E-state index in [1.54, 1.807) is 22.6 Å². The van der Waals surface area contributed by atoms with Crippen LogP contribution in [-0.2, 0) is 9.05 Å². The smallest absolute Gasteiger partial charge is 0.245 e. The molecule has 0 N–H and O–H groups in total. The number of hydrogen-bond acceptors (Lipinski definition) is 3. The normalized spacial score (nSPS) is 12.1. The molecule has 0 aliphatic rings. The molecular formula is C7H5ClF2INO2S. The number of alkyl halides is 2. The van der Waals surface area contributed by atoms with Crippen molar-refractivity contribution in [3.63, 3.8) is 0 Å². The Balaban J connectivity index is 3.50. The maximum absolute atomic E-state index is 12.4. The minimum atomic E-state index is -4.03. The van der Waals surface area contributed by atoms with Gasteiger partial charge in [0.25, 0.3) is 15.5 Å². The summed E-state index contributed by atoms with van der Waals surface area (Å²) in [5.74, 6) is 0. The molecule has 0 radical (unpaired) electrons. The number of aromatic nitrogens is 1. The minimum absolute atomic E-state index is 0.0733. The average molecular weight is 368 g/mol. The van der Waals surface area contributed by atoms with Crippen LogP contribution in [0.5, 0.6) is 0 Å². The van der Waals surface area contributed by atoms with Gasteiger partial charge in [0.2, 0.25) is 0 Å². The quantitative estimate of drug-likeness (QED) is 0.459. The molecule has 0 aliphatic heterocycles. The number of nitrogens with zero attached hydrogens (tertiary/aromatic N) is 1. The monoisotopic (exact) mass is 367 g/mol. The highest BCUT2D eigenvalue weighted by atomic mass is 127. The number of rotatable bonds is 2. The molecule has 84 valence electrons. The molecule has 0 saturated heterocycles. The molecule has 0 aromatic carbocycles. The largest absolute Gasteiger partial charge is 0.266 e. The highest BCUT2D eigenvalue weighted by Gasteiger charge is 2.21. The van der Waals surface area contributed by atoms with Crippen molar-refractivity contribution in [1.82, 2.24) is 4.98 Å². The van der Waals surface area contributed by atoms with Crippen LogP contribution in [0.15, 0.2) is 11.0 Å². The van der Waals surface area contributed by atoms with E-state index in [2.05, 4.69) is 4.98 Å². The average Bonchev–Trinajstić information content (AvgIpc) is 2.00. The molecule has 1 rings (SSSR count). The zero-order valence-corrected chi connectivity index (χ0v) is 11.1. The zero-order valence-electron chi connectivity index (χ0n) is 7.34. The summed E-state index contributed by atoms with van der Waals surface area (Å²) in [7, 11) is 1.04. The van der Waals surface area contributed by atoms with E-state index in [1.165, 1.54) is 6.92 Å². The summed E-state index contributed by atoms with van der Waals surface area (Å²) in [4.78, 5) is 3.33. The van der Waals surface area contributed by atoms with Crippen molar-refractivity contribution in [1.29, 1.82) is 0 Å². The fourth-order valence-corrected chi connectivity index (χ4v) is 2.86. The molecule has 1 aromatic rings. The topological polar surface area (TPSA) is 47.0 Å². The fraction of sp³-hybridized carbons (Fsp3) is 0.286. The van der Waals surface area contributed by atoms with Gasteiger partial charge in [-0.15, -0.1) is 0 Å². The van der Waals surface area contributed by atoms with Gasteiger partial charge in [-0.25, -0.2) is 22.2 Å². The highest BCUT2D eigenvalue weighted by Crippen LogP contribution is 2.28. The molecule has 0 unspecified atom stereocenters. The molecule has 1 heterocycles. The molecule has 15 heavy (non-hydrogen) atoms. The second-order valence-corrected chi connectivity index (χ2v) is 6.25. The van der Waals surface area contributed by atoms with Crippen LogP contribution in [0.25, 0.3) is 0 Å². The molecular weight excluding hydrogens is 363 g/mol. The third-order valence-electron chi connectivity index (χ3n) is 1.65. The summed E-state index contributed by atoms with van der Waals surface area (Å²) >= 11 is 1.62. The number of pyridine rings is 1. The van der Waals surface area contributed by atoms with Gasteiger partial charge in [0.05, 0.1) is 11.3 Å². The first kappa shape index (κ1) is 13.0. The third-order valence-corrected chi connectivity index (χ3v) is 3.95. The van der Waals surface area contributed by atoms with E-state index in [4.69, 9.17) is 10.7 Å². The lowest BCUT2D eigenvalue weighted by Gasteiger charge is -2.07. The molecule has 3 nitrogen and oxygen atoms in total. The number of halogens is 4. The second-order valence-electron chi connectivity index (χ2n) is 2.69. The predicted molar refractivity (Wildman–Crippen MR) is 59.7 cm³/mol. The predicted octanol–water partition coefficient (Wildman–Crippen LogP) is 2.86. The van der Waals surface area contributed by atoms with Gasteiger partial charge >= 0.3 is 0 Å². The Morgan fingerprint density at radius 3 is 2.47 bits per heavy atom. The summed E-state index contributed by atoms with van der Waals surface area (Å²) in [5, 5.41) is 0. The molecule has 0 fully saturated rings. The van der Waals surface area contributed by atoms with Gasteiger partial charge in [0.15, 0.2) is 0 Å². The Morgan fingerprint density at radius 2 is 2.07 bits per heavy atom. The van der Waals surface area contributed by atoms with Crippen LogP contribution in [0.4, 0.5) is 8.78 Å². The Bertz CT molecular complexity index is 492. The first-order valence-corrected chi connectivity index (χ1v) is 7.02. The van der Waals surface area contributed by atoms with Crippen molar-refractivity contribution in [2.75, 3.05) is 0 Å². The van der Waals surface area contributed by atoms with Gasteiger partial charge in [-0.05, 0) is 35.6 Å². The van der Waals surface area contributed by atoms with Gasteiger partial charge < -0.3 is 0 Å². The van der Waals surface area contributed by atoms with E-state index < -0.39 is 21.0 Å². The summed E-state index contributed by atoms with van der Waals surface area (Å²) in [6.07, 6.45) is -2.78. The SMILES string of the molecule is Cc1nc(I)c(C(F)F)cc1S(=O)(=O)Cl. The first-order valence-electron chi connectivity index (χ1n) is 3.63. The van der Waals surface area contributed by atoms with Crippen molar-refractivity contribution in [2.45, 2.75) is 18.2 Å². The van der Waals surface area contributed by atoms with Crippen LogP contribution in [-0.4, -0.2) is 13.4 Å². The Morgan fingerprint density at radius 1 is 1.53 bits per heavy atom. The molecule has 0 saturated carbocycles. The number of aryl methyl sites for hydroxylation is 1. The Hall–Kier alpha value is -0.0200. The van der Waals surface area contributed by atoms with E-state index in [-0.39, 0.29) is 14.3 Å². The molecule has 0 spiro atoms. The van der Waals surface area contributed by atoms with Crippen molar-refractivity contribution in [3.8, 4) is 0 Å². The van der Waals surface area contributed by atoms with Gasteiger partial charge in [0, 0.05) is 10.7 Å². The summed E-state index contributed by atoms with van der Waals surface area (Å²) in [5.41, 5.74) is -0.320. The standard InChI is InChI=1S/C7H5ClF2INO2S/c1-3-5(15(8,13)14)2-4(6(9)10)7(11)12-3/h2,6H,1H3. The zero-order chi connectivity index (χ0) is 11.8. The second kappa shape index (κ2) is 4.46. The molecule has 0 aliphatic carbocycles. The van der Waals surface area contributed by atoms with Crippen molar-refractivity contribution in [3.05, 3.63) is 21.0 Å². The Kier molecular flexibility index (Phi) is 3.88. The van der Waals surface area contributed by atoms with Crippen LogP contribution < -0.4 is 0 Å². The van der Waals surface area contributed by atoms with E-state index in [0.29, 0.717) is 0 Å². The molecule has 0 amide bonds. The molecule has 8 heteroatoms. The van der Waals surface area contributed by atoms with Crippen LogP contribution in [0.3, 0.4) is 0 Å².